The Morgan fingerprint density at radius 3 is 2.24 bits per heavy atom. The number of sulfonamides is 1. The fourth-order valence-corrected chi connectivity index (χ4v) is 4.47. The third kappa shape index (κ3) is 4.68. The van der Waals surface area contributed by atoms with Crippen molar-refractivity contribution in [1.29, 1.82) is 0 Å². The summed E-state index contributed by atoms with van der Waals surface area (Å²) in [6, 6.07) is 22.8. The highest BCUT2D eigenvalue weighted by Crippen LogP contribution is 2.33. The molecule has 0 aromatic heterocycles. The van der Waals surface area contributed by atoms with E-state index in [0.717, 1.165) is 10.5 Å². The van der Waals surface area contributed by atoms with Crippen molar-refractivity contribution in [1.82, 2.24) is 10.2 Å². The molecule has 34 heavy (non-hydrogen) atoms. The van der Waals surface area contributed by atoms with Crippen molar-refractivity contribution in [2.24, 2.45) is 5.14 Å². The maximum absolute atomic E-state index is 13.6. The molecule has 0 saturated carbocycles. The lowest BCUT2D eigenvalue weighted by Gasteiger charge is -2.27. The first-order valence-corrected chi connectivity index (χ1v) is 11.9. The van der Waals surface area contributed by atoms with E-state index in [1.165, 1.54) is 24.3 Å². The van der Waals surface area contributed by atoms with E-state index in [2.05, 4.69) is 10.6 Å². The third-order valence-electron chi connectivity index (χ3n) is 5.50. The number of primary sulfonamides is 1. The number of carbonyl (C=O) groups excluding carboxylic acids is 3. The first-order valence-electron chi connectivity index (χ1n) is 10.4. The van der Waals surface area contributed by atoms with Crippen molar-refractivity contribution in [3.8, 4) is 0 Å². The van der Waals surface area contributed by atoms with E-state index in [1.54, 1.807) is 24.3 Å². The molecule has 3 aromatic rings. The molecule has 1 saturated heterocycles. The Balaban J connectivity index is 1.58. The summed E-state index contributed by atoms with van der Waals surface area (Å²) in [5.41, 5.74) is 0.238. The number of nitrogens with two attached hydrogens (primary N) is 1. The van der Waals surface area contributed by atoms with Crippen LogP contribution in [-0.2, 0) is 31.6 Å². The number of hydrogen-bond acceptors (Lipinski definition) is 5. The van der Waals surface area contributed by atoms with Crippen LogP contribution >= 0.6 is 0 Å². The van der Waals surface area contributed by atoms with Crippen LogP contribution in [0.5, 0.6) is 0 Å². The molecule has 4 amide bonds. The molecule has 0 unspecified atom stereocenters. The van der Waals surface area contributed by atoms with E-state index in [1.807, 2.05) is 36.4 Å². The zero-order valence-corrected chi connectivity index (χ0v) is 18.8. The summed E-state index contributed by atoms with van der Waals surface area (Å²) in [5, 5.41) is 10.4. The van der Waals surface area contributed by atoms with Gasteiger partial charge in [0.05, 0.1) is 4.90 Å². The van der Waals surface area contributed by atoms with Crippen LogP contribution in [0.25, 0.3) is 0 Å². The molecule has 1 aliphatic heterocycles. The molecule has 3 aromatic carbocycles. The standard InChI is InChI=1S/C24H22N4O5S/c25-34(32,33)20-13-7-12-19(14-20)26-21(29)16-28-22(30)24(27-23(28)31,18-10-5-2-6-11-18)15-17-8-3-1-4-9-17/h1-14H,15-16H2,(H,26,29)(H,27,31)(H2,25,32,33)/t24-/m0/s1. The van der Waals surface area contributed by atoms with Crippen molar-refractivity contribution >= 4 is 33.6 Å². The Bertz CT molecular complexity index is 1350. The van der Waals surface area contributed by atoms with Crippen LogP contribution in [0.2, 0.25) is 0 Å². The zero-order chi connectivity index (χ0) is 24.3. The van der Waals surface area contributed by atoms with Gasteiger partial charge in [-0.3, -0.25) is 14.5 Å². The van der Waals surface area contributed by atoms with Gasteiger partial charge in [0.15, 0.2) is 5.54 Å². The van der Waals surface area contributed by atoms with E-state index in [9.17, 15) is 22.8 Å². The third-order valence-corrected chi connectivity index (χ3v) is 6.41. The molecule has 9 nitrogen and oxygen atoms in total. The van der Waals surface area contributed by atoms with Crippen LogP contribution in [0, 0.1) is 0 Å². The van der Waals surface area contributed by atoms with Gasteiger partial charge in [0, 0.05) is 12.1 Å². The summed E-state index contributed by atoms with van der Waals surface area (Å²) in [6.45, 7) is -0.548. The topological polar surface area (TPSA) is 139 Å². The largest absolute Gasteiger partial charge is 0.325 e. The number of urea groups is 1. The van der Waals surface area contributed by atoms with E-state index in [4.69, 9.17) is 5.14 Å². The molecule has 1 aliphatic rings. The highest BCUT2D eigenvalue weighted by molar-refractivity contribution is 7.89. The Hall–Kier alpha value is -4.02. The average Bonchev–Trinajstić information content (AvgIpc) is 3.05. The van der Waals surface area contributed by atoms with Crippen LogP contribution < -0.4 is 15.8 Å². The first kappa shape index (κ1) is 23.1. The second kappa shape index (κ2) is 9.08. The van der Waals surface area contributed by atoms with Crippen molar-refractivity contribution in [3.05, 3.63) is 96.1 Å². The zero-order valence-electron chi connectivity index (χ0n) is 18.0. The highest BCUT2D eigenvalue weighted by Gasteiger charge is 2.52. The molecule has 0 spiro atoms. The summed E-state index contributed by atoms with van der Waals surface area (Å²) in [5.74, 6) is -1.22. The quantitative estimate of drug-likeness (QED) is 0.446. The lowest BCUT2D eigenvalue weighted by Crippen LogP contribution is -2.46. The minimum absolute atomic E-state index is 0.169. The minimum Gasteiger partial charge on any atom is -0.324 e. The lowest BCUT2D eigenvalue weighted by molar-refractivity contribution is -0.134. The number of nitrogens with zero attached hydrogens (tertiary/aromatic N) is 1. The lowest BCUT2D eigenvalue weighted by atomic mass is 9.83. The first-order chi connectivity index (χ1) is 16.2. The number of hydrogen-bond donors (Lipinski definition) is 3. The summed E-state index contributed by atoms with van der Waals surface area (Å²) < 4.78 is 23.1. The molecule has 174 valence electrons. The average molecular weight is 479 g/mol. The predicted octanol–water partition coefficient (Wildman–Crippen LogP) is 1.96. The number of anilines is 1. The van der Waals surface area contributed by atoms with Gasteiger partial charge in [-0.2, -0.15) is 0 Å². The normalized spacial score (nSPS) is 18.0. The van der Waals surface area contributed by atoms with Crippen molar-refractivity contribution < 1.29 is 22.8 Å². The van der Waals surface area contributed by atoms with E-state index >= 15 is 0 Å². The number of imide groups is 1. The van der Waals surface area contributed by atoms with Gasteiger partial charge in [-0.25, -0.2) is 18.4 Å². The number of benzene rings is 3. The van der Waals surface area contributed by atoms with Gasteiger partial charge in [0.2, 0.25) is 15.9 Å². The van der Waals surface area contributed by atoms with Gasteiger partial charge in [-0.15, -0.1) is 0 Å². The molecule has 0 aliphatic carbocycles. The highest BCUT2D eigenvalue weighted by atomic mass is 32.2. The molecule has 1 fully saturated rings. The van der Waals surface area contributed by atoms with E-state index in [-0.39, 0.29) is 17.0 Å². The fourth-order valence-electron chi connectivity index (χ4n) is 3.91. The SMILES string of the molecule is NS(=O)(=O)c1cccc(NC(=O)CN2C(=O)N[C@@](Cc3ccccc3)(c3ccccc3)C2=O)c1. The maximum Gasteiger partial charge on any atom is 0.325 e. The molecule has 4 N–H and O–H groups in total. The fraction of sp³-hybridized carbons (Fsp3) is 0.125. The van der Waals surface area contributed by atoms with Gasteiger partial charge in [-0.1, -0.05) is 66.7 Å². The summed E-state index contributed by atoms with van der Waals surface area (Å²) >= 11 is 0. The van der Waals surface area contributed by atoms with Gasteiger partial charge < -0.3 is 10.6 Å². The summed E-state index contributed by atoms with van der Waals surface area (Å²) in [7, 11) is -3.96. The van der Waals surface area contributed by atoms with Crippen LogP contribution in [-0.4, -0.2) is 37.7 Å². The molecule has 1 heterocycles. The minimum atomic E-state index is -3.96. The monoisotopic (exact) mass is 478 g/mol. The van der Waals surface area contributed by atoms with E-state index < -0.39 is 40.0 Å². The Labute approximate surface area is 196 Å². The maximum atomic E-state index is 13.6. The Morgan fingerprint density at radius 2 is 1.59 bits per heavy atom. The number of nitrogens with one attached hydrogen (secondary N) is 2. The molecular weight excluding hydrogens is 456 g/mol. The van der Waals surface area contributed by atoms with Crippen LogP contribution in [0.1, 0.15) is 11.1 Å². The number of amides is 4. The molecule has 0 bridgehead atoms. The molecule has 1 atom stereocenters. The van der Waals surface area contributed by atoms with Crippen LogP contribution in [0.3, 0.4) is 0 Å². The number of rotatable bonds is 7. The molecular formula is C24H22N4O5S. The number of carbonyl (C=O) groups is 3. The van der Waals surface area contributed by atoms with Gasteiger partial charge in [0.25, 0.3) is 5.91 Å². The summed E-state index contributed by atoms with van der Waals surface area (Å²) in [6.07, 6.45) is 0.205. The van der Waals surface area contributed by atoms with E-state index in [0.29, 0.717) is 5.56 Å². The summed E-state index contributed by atoms with van der Waals surface area (Å²) in [4.78, 5) is 39.8. The van der Waals surface area contributed by atoms with Crippen molar-refractivity contribution in [2.75, 3.05) is 11.9 Å². The molecule has 4 rings (SSSR count). The van der Waals surface area contributed by atoms with Crippen LogP contribution in [0.15, 0.2) is 89.8 Å². The van der Waals surface area contributed by atoms with Crippen LogP contribution in [0.4, 0.5) is 10.5 Å². The predicted molar refractivity (Wildman–Crippen MR) is 125 cm³/mol. The van der Waals surface area contributed by atoms with Gasteiger partial charge >= 0.3 is 6.03 Å². The molecule has 0 radical (unpaired) electrons. The smallest absolute Gasteiger partial charge is 0.324 e. The Morgan fingerprint density at radius 1 is 0.941 bits per heavy atom. The van der Waals surface area contributed by atoms with Gasteiger partial charge in [0.1, 0.15) is 6.54 Å². The van der Waals surface area contributed by atoms with Gasteiger partial charge in [-0.05, 0) is 29.3 Å². The Kier molecular flexibility index (Phi) is 6.18. The van der Waals surface area contributed by atoms with Crippen molar-refractivity contribution in [3.63, 3.8) is 0 Å². The molecule has 10 heteroatoms. The van der Waals surface area contributed by atoms with Crippen molar-refractivity contribution in [2.45, 2.75) is 16.9 Å². The second-order valence-electron chi connectivity index (χ2n) is 7.88. The second-order valence-corrected chi connectivity index (χ2v) is 9.44.